The van der Waals surface area contributed by atoms with E-state index in [0.29, 0.717) is 16.0 Å². The molecule has 4 rings (SSSR count). The predicted octanol–water partition coefficient (Wildman–Crippen LogP) is 4.20. The Morgan fingerprint density at radius 3 is 2.79 bits per heavy atom. The minimum Gasteiger partial charge on any atom is -0.497 e. The van der Waals surface area contributed by atoms with Crippen molar-refractivity contribution in [3.05, 3.63) is 63.5 Å². The summed E-state index contributed by atoms with van der Waals surface area (Å²) in [5.74, 6) is 0.174. The number of anilines is 2. The van der Waals surface area contributed by atoms with Crippen LogP contribution in [0.4, 0.5) is 17.1 Å². The van der Waals surface area contributed by atoms with Crippen LogP contribution in [-0.4, -0.2) is 22.9 Å². The Hall–Kier alpha value is -3.72. The Labute approximate surface area is 162 Å². The van der Waals surface area contributed by atoms with Crippen LogP contribution in [0.1, 0.15) is 9.67 Å². The number of benzene rings is 2. The molecular formula is C19H14N4O4S. The summed E-state index contributed by atoms with van der Waals surface area (Å²) in [7, 11) is 1.58. The number of thiophene rings is 1. The molecule has 4 aromatic rings. The number of nitrogens with one attached hydrogen (secondary N) is 1. The van der Waals surface area contributed by atoms with Crippen LogP contribution in [0.15, 0.2) is 48.5 Å². The van der Waals surface area contributed by atoms with Crippen molar-refractivity contribution in [3.8, 4) is 5.75 Å². The zero-order valence-electron chi connectivity index (χ0n) is 14.6. The van der Waals surface area contributed by atoms with Crippen molar-refractivity contribution in [1.29, 1.82) is 0 Å². The predicted molar refractivity (Wildman–Crippen MR) is 109 cm³/mol. The Bertz CT molecular complexity index is 1250. The molecule has 0 aliphatic heterocycles. The molecule has 28 heavy (non-hydrogen) atoms. The molecule has 0 fully saturated rings. The van der Waals surface area contributed by atoms with Gasteiger partial charge in [-0.15, -0.1) is 11.3 Å². The van der Waals surface area contributed by atoms with Gasteiger partial charge in [0.05, 0.1) is 23.2 Å². The minimum absolute atomic E-state index is 0.109. The van der Waals surface area contributed by atoms with Gasteiger partial charge in [-0.05, 0) is 30.3 Å². The zero-order chi connectivity index (χ0) is 19.8. The average molecular weight is 394 g/mol. The highest BCUT2D eigenvalue weighted by Crippen LogP contribution is 2.36. The number of nitro benzene ring substituents is 1. The quantitative estimate of drug-likeness (QED) is 0.395. The SMILES string of the molecule is COc1ccc2nc3sc(C(=O)Nc4ccccc4[N+](=O)[O-])c(N)c3cc2c1. The number of rotatable bonds is 4. The monoisotopic (exact) mass is 394 g/mol. The van der Waals surface area contributed by atoms with E-state index in [1.54, 1.807) is 19.2 Å². The number of nitrogens with two attached hydrogens (primary N) is 1. The highest BCUT2D eigenvalue weighted by molar-refractivity contribution is 7.21. The molecule has 9 heteroatoms. The van der Waals surface area contributed by atoms with E-state index in [-0.39, 0.29) is 21.9 Å². The van der Waals surface area contributed by atoms with Crippen LogP contribution in [0.2, 0.25) is 0 Å². The van der Waals surface area contributed by atoms with Gasteiger partial charge in [0.2, 0.25) is 0 Å². The van der Waals surface area contributed by atoms with Crippen molar-refractivity contribution in [1.82, 2.24) is 4.98 Å². The topological polar surface area (TPSA) is 120 Å². The third-order valence-electron chi connectivity index (χ3n) is 4.28. The number of hydrogen-bond donors (Lipinski definition) is 2. The van der Waals surface area contributed by atoms with Crippen LogP contribution in [0.25, 0.3) is 21.1 Å². The van der Waals surface area contributed by atoms with E-state index in [1.165, 1.54) is 18.2 Å². The first-order valence-electron chi connectivity index (χ1n) is 8.19. The van der Waals surface area contributed by atoms with E-state index in [9.17, 15) is 14.9 Å². The molecule has 0 saturated carbocycles. The van der Waals surface area contributed by atoms with E-state index in [4.69, 9.17) is 10.5 Å². The molecule has 0 aliphatic carbocycles. The average Bonchev–Trinajstić information content (AvgIpc) is 3.02. The number of carbonyl (C=O) groups excluding carboxylic acids is 1. The van der Waals surface area contributed by atoms with Gasteiger partial charge in [-0.1, -0.05) is 12.1 Å². The summed E-state index contributed by atoms with van der Waals surface area (Å²) in [6.07, 6.45) is 0. The molecule has 2 aromatic heterocycles. The van der Waals surface area contributed by atoms with E-state index in [1.807, 2.05) is 18.2 Å². The molecule has 140 valence electrons. The third-order valence-corrected chi connectivity index (χ3v) is 5.39. The van der Waals surface area contributed by atoms with Crippen molar-refractivity contribution >= 4 is 55.4 Å². The van der Waals surface area contributed by atoms with Gasteiger partial charge in [0, 0.05) is 16.8 Å². The molecule has 0 spiro atoms. The maximum Gasteiger partial charge on any atom is 0.292 e. The van der Waals surface area contributed by atoms with Gasteiger partial charge in [-0.25, -0.2) is 4.98 Å². The fourth-order valence-corrected chi connectivity index (χ4v) is 3.87. The second kappa shape index (κ2) is 6.78. The van der Waals surface area contributed by atoms with Crippen LogP contribution < -0.4 is 15.8 Å². The van der Waals surface area contributed by atoms with Gasteiger partial charge in [0.25, 0.3) is 11.6 Å². The molecule has 0 saturated heterocycles. The van der Waals surface area contributed by atoms with Gasteiger partial charge >= 0.3 is 0 Å². The summed E-state index contributed by atoms with van der Waals surface area (Å²) in [5.41, 5.74) is 7.15. The van der Waals surface area contributed by atoms with Crippen molar-refractivity contribution < 1.29 is 14.5 Å². The lowest BCUT2D eigenvalue weighted by molar-refractivity contribution is -0.383. The molecule has 2 heterocycles. The van der Waals surface area contributed by atoms with Gasteiger partial charge < -0.3 is 15.8 Å². The summed E-state index contributed by atoms with van der Waals surface area (Å²) in [6.45, 7) is 0. The molecule has 8 nitrogen and oxygen atoms in total. The normalized spacial score (nSPS) is 10.9. The summed E-state index contributed by atoms with van der Waals surface area (Å²) in [4.78, 5) is 28.7. The standard InChI is InChI=1S/C19H14N4O4S/c1-27-11-6-7-13-10(8-11)9-12-16(20)17(28-19(12)22-13)18(24)21-14-4-2-3-5-15(14)23(25)26/h2-9H,20H2,1H3,(H,21,24). The molecule has 1 amide bonds. The lowest BCUT2D eigenvalue weighted by Gasteiger charge is -2.05. The Kier molecular flexibility index (Phi) is 4.28. The van der Waals surface area contributed by atoms with Crippen molar-refractivity contribution in [2.75, 3.05) is 18.2 Å². The number of aromatic nitrogens is 1. The highest BCUT2D eigenvalue weighted by Gasteiger charge is 2.21. The first-order chi connectivity index (χ1) is 13.5. The fourth-order valence-electron chi connectivity index (χ4n) is 2.89. The van der Waals surface area contributed by atoms with Gasteiger partial charge in [0.1, 0.15) is 21.1 Å². The molecule has 2 aromatic carbocycles. The maximum absolute atomic E-state index is 12.7. The first kappa shape index (κ1) is 17.7. The summed E-state index contributed by atoms with van der Waals surface area (Å²) >= 11 is 1.14. The van der Waals surface area contributed by atoms with Crippen molar-refractivity contribution in [2.24, 2.45) is 0 Å². The molecule has 0 unspecified atom stereocenters. The Balaban J connectivity index is 1.76. The highest BCUT2D eigenvalue weighted by atomic mass is 32.1. The molecule has 0 bridgehead atoms. The summed E-state index contributed by atoms with van der Waals surface area (Å²) < 4.78 is 5.23. The second-order valence-corrected chi connectivity index (χ2v) is 6.97. The number of para-hydroxylation sites is 2. The number of hydrogen-bond acceptors (Lipinski definition) is 7. The molecule has 3 N–H and O–H groups in total. The number of ether oxygens (including phenoxy) is 1. The maximum atomic E-state index is 12.7. The van der Waals surface area contributed by atoms with Gasteiger partial charge in [-0.3, -0.25) is 14.9 Å². The van der Waals surface area contributed by atoms with Gasteiger partial charge in [0.15, 0.2) is 0 Å². The van der Waals surface area contributed by atoms with Crippen LogP contribution in [0, 0.1) is 10.1 Å². The number of amides is 1. The smallest absolute Gasteiger partial charge is 0.292 e. The van der Waals surface area contributed by atoms with E-state index >= 15 is 0 Å². The zero-order valence-corrected chi connectivity index (χ0v) is 15.4. The van der Waals surface area contributed by atoms with Gasteiger partial charge in [-0.2, -0.15) is 0 Å². The third kappa shape index (κ3) is 2.97. The number of fused-ring (bicyclic) bond motifs is 2. The summed E-state index contributed by atoms with van der Waals surface area (Å²) in [5, 5.41) is 15.2. The number of pyridine rings is 1. The van der Waals surface area contributed by atoms with Crippen LogP contribution in [0.3, 0.4) is 0 Å². The minimum atomic E-state index is -0.550. The largest absolute Gasteiger partial charge is 0.497 e. The molecular weight excluding hydrogens is 380 g/mol. The second-order valence-electron chi connectivity index (χ2n) is 5.97. The molecule has 0 radical (unpaired) electrons. The van der Waals surface area contributed by atoms with Crippen LogP contribution >= 0.6 is 11.3 Å². The number of carbonyl (C=O) groups is 1. The first-order valence-corrected chi connectivity index (χ1v) is 9.01. The van der Waals surface area contributed by atoms with Crippen molar-refractivity contribution in [2.45, 2.75) is 0 Å². The number of nitrogens with zero attached hydrogens (tertiary/aromatic N) is 2. The fraction of sp³-hybridized carbons (Fsp3) is 0.0526. The van der Waals surface area contributed by atoms with E-state index in [0.717, 1.165) is 22.2 Å². The Morgan fingerprint density at radius 1 is 1.25 bits per heavy atom. The lowest BCUT2D eigenvalue weighted by atomic mass is 10.1. The van der Waals surface area contributed by atoms with E-state index < -0.39 is 10.8 Å². The number of nitrogen functional groups attached to an aromatic ring is 1. The summed E-state index contributed by atoms with van der Waals surface area (Å²) in [6, 6.07) is 13.3. The van der Waals surface area contributed by atoms with Crippen molar-refractivity contribution in [3.63, 3.8) is 0 Å². The molecule has 0 aliphatic rings. The Morgan fingerprint density at radius 2 is 2.04 bits per heavy atom. The molecule has 0 atom stereocenters. The lowest BCUT2D eigenvalue weighted by Crippen LogP contribution is -2.13. The number of nitro groups is 1. The van der Waals surface area contributed by atoms with E-state index in [2.05, 4.69) is 10.3 Å². The van der Waals surface area contributed by atoms with Crippen LogP contribution in [0.5, 0.6) is 5.75 Å². The number of methoxy groups -OCH3 is 1. The van der Waals surface area contributed by atoms with Crippen LogP contribution in [-0.2, 0) is 0 Å².